The quantitative estimate of drug-likeness (QED) is 0.387. The Kier molecular flexibility index (Phi) is 7.20. The second-order valence-corrected chi connectivity index (χ2v) is 10.1. The van der Waals surface area contributed by atoms with Crippen LogP contribution in [0.15, 0.2) is 71.0 Å². The van der Waals surface area contributed by atoms with Gasteiger partial charge in [0.2, 0.25) is 4.84 Å². The van der Waals surface area contributed by atoms with E-state index in [1.54, 1.807) is 30.0 Å². The Morgan fingerprint density at radius 3 is 2.59 bits per heavy atom. The number of amidine groups is 1. The van der Waals surface area contributed by atoms with Crippen molar-refractivity contribution in [1.29, 1.82) is 0 Å². The molecule has 178 valence electrons. The second-order valence-electron chi connectivity index (χ2n) is 7.57. The SMILES string of the molecule is C=Cc1cccc(Cl)c1C1=NC(=C2CSC(c3ccc(OC(F)(F)C(Cl)Cl)cc3)=C2C)N(C)N1. The largest absolute Gasteiger partial charge is 0.431 e. The number of hydrogen-bond acceptors (Lipinski definition) is 5. The first kappa shape index (κ1) is 24.9. The number of hydrazine groups is 1. The van der Waals surface area contributed by atoms with Gasteiger partial charge in [-0.2, -0.15) is 8.78 Å². The number of benzene rings is 2. The molecule has 10 heteroatoms. The summed E-state index contributed by atoms with van der Waals surface area (Å²) in [6.07, 6.45) is -1.93. The maximum atomic E-state index is 13.6. The van der Waals surface area contributed by atoms with Crippen LogP contribution in [0.4, 0.5) is 8.78 Å². The molecule has 0 atom stereocenters. The predicted octanol–water partition coefficient (Wildman–Crippen LogP) is 7.34. The lowest BCUT2D eigenvalue weighted by Crippen LogP contribution is -2.33. The molecule has 2 aromatic carbocycles. The molecule has 0 aromatic heterocycles. The summed E-state index contributed by atoms with van der Waals surface area (Å²) in [5.41, 5.74) is 7.96. The van der Waals surface area contributed by atoms with Crippen LogP contribution in [0, 0.1) is 0 Å². The van der Waals surface area contributed by atoms with Crippen molar-refractivity contribution in [3.63, 3.8) is 0 Å². The van der Waals surface area contributed by atoms with E-state index in [1.807, 2.05) is 37.2 Å². The van der Waals surface area contributed by atoms with E-state index in [9.17, 15) is 8.78 Å². The van der Waals surface area contributed by atoms with Crippen LogP contribution in [-0.4, -0.2) is 34.6 Å². The van der Waals surface area contributed by atoms with Gasteiger partial charge in [-0.3, -0.25) is 10.4 Å². The van der Waals surface area contributed by atoms with Crippen molar-refractivity contribution in [1.82, 2.24) is 10.4 Å². The molecule has 0 unspecified atom stereocenters. The maximum absolute atomic E-state index is 13.6. The van der Waals surface area contributed by atoms with Gasteiger partial charge in [0, 0.05) is 28.8 Å². The molecule has 1 N–H and O–H groups in total. The standard InChI is InChI=1S/C24H20Cl3F2N3OS/c1-4-14-6-5-7-18(25)19(14)21-30-22(32(3)31-21)17-12-34-20(13(17)2)15-8-10-16(11-9-15)33-24(28,29)23(26)27/h4-11,23H,1,12H2,2-3H3,(H,30,31). The van der Waals surface area contributed by atoms with Crippen molar-refractivity contribution in [2.75, 3.05) is 12.8 Å². The van der Waals surface area contributed by atoms with Gasteiger partial charge in [0.1, 0.15) is 5.75 Å². The first-order valence-electron chi connectivity index (χ1n) is 10.2. The van der Waals surface area contributed by atoms with Gasteiger partial charge in [0.15, 0.2) is 11.7 Å². The van der Waals surface area contributed by atoms with Gasteiger partial charge in [0.25, 0.3) is 0 Å². The Labute approximate surface area is 215 Å². The third kappa shape index (κ3) is 4.80. The zero-order chi connectivity index (χ0) is 24.6. The highest BCUT2D eigenvalue weighted by Gasteiger charge is 2.40. The highest BCUT2D eigenvalue weighted by Crippen LogP contribution is 2.44. The average molecular weight is 543 g/mol. The van der Waals surface area contributed by atoms with Crippen LogP contribution in [0.2, 0.25) is 5.02 Å². The van der Waals surface area contributed by atoms with Gasteiger partial charge in [0.05, 0.1) is 5.02 Å². The smallest absolute Gasteiger partial charge is 0.428 e. The summed E-state index contributed by atoms with van der Waals surface area (Å²) in [6, 6.07) is 12.0. The van der Waals surface area contributed by atoms with Crippen molar-refractivity contribution in [3.8, 4) is 5.75 Å². The number of allylic oxidation sites excluding steroid dienone is 1. The fourth-order valence-corrected chi connectivity index (χ4v) is 5.30. The molecular weight excluding hydrogens is 523 g/mol. The number of nitrogens with one attached hydrogen (secondary N) is 1. The Morgan fingerprint density at radius 1 is 1.24 bits per heavy atom. The number of hydrogen-bond donors (Lipinski definition) is 1. The van der Waals surface area contributed by atoms with E-state index in [4.69, 9.17) is 39.8 Å². The number of halogens is 5. The van der Waals surface area contributed by atoms with Crippen molar-refractivity contribution < 1.29 is 13.5 Å². The van der Waals surface area contributed by atoms with Crippen molar-refractivity contribution >= 4 is 63.4 Å². The molecule has 2 heterocycles. The number of thioether (sulfide) groups is 1. The molecule has 2 aromatic rings. The molecule has 4 nitrogen and oxygen atoms in total. The van der Waals surface area contributed by atoms with E-state index < -0.39 is 10.9 Å². The average Bonchev–Trinajstić information content (AvgIpc) is 3.35. The maximum Gasteiger partial charge on any atom is 0.428 e. The molecule has 4 rings (SSSR count). The summed E-state index contributed by atoms with van der Waals surface area (Å²) >= 11 is 18.7. The fraction of sp³-hybridized carbons (Fsp3) is 0.208. The Balaban J connectivity index is 1.65. The van der Waals surface area contributed by atoms with Gasteiger partial charge >= 0.3 is 6.11 Å². The molecule has 2 aliphatic heterocycles. The second kappa shape index (κ2) is 9.82. The van der Waals surface area contributed by atoms with Crippen LogP contribution < -0.4 is 10.2 Å². The third-order valence-corrected chi connectivity index (χ3v) is 7.45. The highest BCUT2D eigenvalue weighted by molar-refractivity contribution is 8.08. The summed E-state index contributed by atoms with van der Waals surface area (Å²) in [4.78, 5) is 3.91. The third-order valence-electron chi connectivity index (χ3n) is 5.36. The lowest BCUT2D eigenvalue weighted by atomic mass is 10.1. The van der Waals surface area contributed by atoms with Crippen LogP contribution in [-0.2, 0) is 0 Å². The van der Waals surface area contributed by atoms with Crippen LogP contribution in [0.3, 0.4) is 0 Å². The molecule has 0 bridgehead atoms. The van der Waals surface area contributed by atoms with Crippen LogP contribution in [0.1, 0.15) is 23.6 Å². The summed E-state index contributed by atoms with van der Waals surface area (Å²) < 4.78 is 31.9. The fourth-order valence-electron chi connectivity index (χ4n) is 3.67. The van der Waals surface area contributed by atoms with E-state index in [1.165, 1.54) is 12.1 Å². The molecule has 0 saturated heterocycles. The molecule has 0 saturated carbocycles. The number of alkyl halides is 4. The Morgan fingerprint density at radius 2 is 1.94 bits per heavy atom. The van der Waals surface area contributed by atoms with Crippen molar-refractivity contribution in [3.05, 3.63) is 87.7 Å². The zero-order valence-electron chi connectivity index (χ0n) is 18.2. The van der Waals surface area contributed by atoms with E-state index >= 15 is 0 Å². The lowest BCUT2D eigenvalue weighted by Gasteiger charge is -2.18. The summed E-state index contributed by atoms with van der Waals surface area (Å²) in [5.74, 6) is 2.13. The Hall–Kier alpha value is -2.19. The number of ether oxygens (including phenoxy) is 1. The van der Waals surface area contributed by atoms with Gasteiger partial charge < -0.3 is 4.74 Å². The molecule has 0 spiro atoms. The van der Waals surface area contributed by atoms with Gasteiger partial charge in [-0.1, -0.05) is 71.7 Å². The minimum atomic E-state index is -3.68. The van der Waals surface area contributed by atoms with Crippen LogP contribution in [0.5, 0.6) is 5.75 Å². The molecule has 2 aliphatic rings. The minimum Gasteiger partial charge on any atom is -0.431 e. The normalized spacial score (nSPS) is 18.5. The Bertz CT molecular complexity index is 1230. The highest BCUT2D eigenvalue weighted by atomic mass is 35.5. The molecule has 0 radical (unpaired) electrons. The summed E-state index contributed by atoms with van der Waals surface area (Å²) in [7, 11) is 1.90. The van der Waals surface area contributed by atoms with Gasteiger partial charge in [-0.05, 0) is 41.8 Å². The van der Waals surface area contributed by atoms with Crippen molar-refractivity contribution in [2.24, 2.45) is 4.99 Å². The lowest BCUT2D eigenvalue weighted by molar-refractivity contribution is -0.163. The van der Waals surface area contributed by atoms with E-state index in [2.05, 4.69) is 16.7 Å². The predicted molar refractivity (Wildman–Crippen MR) is 139 cm³/mol. The molecule has 0 fully saturated rings. The minimum absolute atomic E-state index is 0.0217. The van der Waals surface area contributed by atoms with E-state index in [-0.39, 0.29) is 5.75 Å². The van der Waals surface area contributed by atoms with Gasteiger partial charge in [-0.25, -0.2) is 4.99 Å². The zero-order valence-corrected chi connectivity index (χ0v) is 21.3. The van der Waals surface area contributed by atoms with Gasteiger partial charge in [-0.15, -0.1) is 11.8 Å². The van der Waals surface area contributed by atoms with Crippen molar-refractivity contribution in [2.45, 2.75) is 17.9 Å². The molecule has 0 aliphatic carbocycles. The topological polar surface area (TPSA) is 36.9 Å². The first-order chi connectivity index (χ1) is 16.1. The van der Waals surface area contributed by atoms with Crippen LogP contribution in [0.25, 0.3) is 11.0 Å². The number of rotatable bonds is 6. The summed E-state index contributed by atoms with van der Waals surface area (Å²) in [5, 5.41) is 2.45. The summed E-state index contributed by atoms with van der Waals surface area (Å²) in [6.45, 7) is 5.89. The number of nitrogens with zero attached hydrogens (tertiary/aromatic N) is 2. The molecule has 0 amide bonds. The molecular formula is C24H20Cl3F2N3OS. The van der Waals surface area contributed by atoms with E-state index in [0.29, 0.717) is 16.6 Å². The van der Waals surface area contributed by atoms with E-state index in [0.717, 1.165) is 38.6 Å². The number of aliphatic imine (C=N–C) groups is 1. The monoisotopic (exact) mass is 541 g/mol. The first-order valence-corrected chi connectivity index (χ1v) is 12.4. The van der Waals surface area contributed by atoms with Crippen LogP contribution >= 0.6 is 46.6 Å². The molecule has 34 heavy (non-hydrogen) atoms.